The molecule has 0 saturated heterocycles. The number of halogens is 1. The second-order valence-corrected chi connectivity index (χ2v) is 5.62. The highest BCUT2D eigenvalue weighted by Gasteiger charge is 2.10. The van der Waals surface area contributed by atoms with E-state index in [1.165, 1.54) is 0 Å². The monoisotopic (exact) mass is 348 g/mol. The predicted octanol–water partition coefficient (Wildman–Crippen LogP) is 1.82. The van der Waals surface area contributed by atoms with Crippen LogP contribution in [0.4, 0.5) is 5.69 Å². The number of ether oxygens (including phenoxy) is 1. The third kappa shape index (κ3) is 3.43. The minimum atomic E-state index is -0.850. The summed E-state index contributed by atoms with van der Waals surface area (Å²) in [7, 11) is 1.56. The second kappa shape index (κ2) is 7.04. The highest BCUT2D eigenvalue weighted by molar-refractivity contribution is 6.33. The molecule has 1 aromatic carbocycles. The molecule has 24 heavy (non-hydrogen) atoms. The predicted molar refractivity (Wildman–Crippen MR) is 91.6 cm³/mol. The first-order valence-corrected chi connectivity index (χ1v) is 7.71. The van der Waals surface area contributed by atoms with Crippen LogP contribution in [-0.2, 0) is 0 Å². The summed E-state index contributed by atoms with van der Waals surface area (Å²) in [5.74, 6) is 0.503. The lowest BCUT2D eigenvalue weighted by Crippen LogP contribution is -2.23. The van der Waals surface area contributed by atoms with E-state index in [4.69, 9.17) is 21.4 Å². The third-order valence-electron chi connectivity index (χ3n) is 3.51. The van der Waals surface area contributed by atoms with E-state index in [0.717, 1.165) is 11.3 Å². The van der Waals surface area contributed by atoms with Gasteiger partial charge in [0.05, 0.1) is 42.4 Å². The Hall–Kier alpha value is -2.35. The molecular formula is C16H17ClN4O3. The fourth-order valence-corrected chi connectivity index (χ4v) is 2.41. The smallest absolute Gasteiger partial charge is 0.231 e. The van der Waals surface area contributed by atoms with Gasteiger partial charge in [-0.1, -0.05) is 17.7 Å². The normalized spacial score (nSPS) is 12.3. The van der Waals surface area contributed by atoms with Gasteiger partial charge in [0.25, 0.3) is 0 Å². The lowest BCUT2D eigenvalue weighted by Gasteiger charge is -2.12. The van der Waals surface area contributed by atoms with E-state index in [-0.39, 0.29) is 13.2 Å². The number of rotatable bonds is 6. The number of hydrogen-bond acceptors (Lipinski definition) is 6. The number of benzene rings is 1. The number of aromatic nitrogens is 3. The second-order valence-electron chi connectivity index (χ2n) is 5.22. The molecule has 3 rings (SSSR count). The van der Waals surface area contributed by atoms with Crippen molar-refractivity contribution in [2.24, 2.45) is 0 Å². The average molecular weight is 349 g/mol. The first-order valence-electron chi connectivity index (χ1n) is 7.34. The minimum Gasteiger partial charge on any atom is -0.480 e. The molecule has 126 valence electrons. The largest absolute Gasteiger partial charge is 0.480 e. The molecule has 0 radical (unpaired) electrons. The average Bonchev–Trinajstić information content (AvgIpc) is 3.03. The van der Waals surface area contributed by atoms with E-state index in [9.17, 15) is 5.11 Å². The summed E-state index contributed by atoms with van der Waals surface area (Å²) in [5.41, 5.74) is 2.94. The molecule has 1 unspecified atom stereocenters. The van der Waals surface area contributed by atoms with Crippen LogP contribution in [0, 0.1) is 0 Å². The van der Waals surface area contributed by atoms with E-state index in [1.807, 2.05) is 18.2 Å². The van der Waals surface area contributed by atoms with Crippen molar-refractivity contribution in [3.05, 3.63) is 41.6 Å². The van der Waals surface area contributed by atoms with Gasteiger partial charge in [-0.2, -0.15) is 0 Å². The van der Waals surface area contributed by atoms with E-state index >= 15 is 0 Å². The van der Waals surface area contributed by atoms with E-state index in [0.29, 0.717) is 22.2 Å². The van der Waals surface area contributed by atoms with Gasteiger partial charge in [0.15, 0.2) is 5.65 Å². The molecule has 3 N–H and O–H groups in total. The molecule has 2 aromatic heterocycles. The van der Waals surface area contributed by atoms with Crippen molar-refractivity contribution >= 4 is 22.9 Å². The number of hydrogen-bond donors (Lipinski definition) is 3. The Morgan fingerprint density at radius 2 is 2.17 bits per heavy atom. The van der Waals surface area contributed by atoms with Gasteiger partial charge in [-0.15, -0.1) is 5.10 Å². The summed E-state index contributed by atoms with van der Waals surface area (Å²) in [4.78, 5) is 4.53. The zero-order valence-corrected chi connectivity index (χ0v) is 13.7. The van der Waals surface area contributed by atoms with Gasteiger partial charge >= 0.3 is 0 Å². The molecule has 1 atom stereocenters. The molecule has 0 amide bonds. The first kappa shape index (κ1) is 16.5. The molecule has 0 aliphatic carbocycles. The van der Waals surface area contributed by atoms with Gasteiger partial charge in [-0.25, -0.2) is 9.50 Å². The van der Waals surface area contributed by atoms with Crippen LogP contribution in [0.5, 0.6) is 5.88 Å². The van der Waals surface area contributed by atoms with Crippen LogP contribution in [0.3, 0.4) is 0 Å². The third-order valence-corrected chi connectivity index (χ3v) is 3.84. The van der Waals surface area contributed by atoms with Crippen molar-refractivity contribution in [1.29, 1.82) is 0 Å². The summed E-state index contributed by atoms with van der Waals surface area (Å²) in [6.07, 6.45) is 0.949. The summed E-state index contributed by atoms with van der Waals surface area (Å²) >= 11 is 6.17. The van der Waals surface area contributed by atoms with Crippen LogP contribution in [0.1, 0.15) is 0 Å². The van der Waals surface area contributed by atoms with Crippen LogP contribution in [0.25, 0.3) is 16.9 Å². The number of fused-ring (bicyclic) bond motifs is 1. The molecule has 0 fully saturated rings. The maximum atomic E-state index is 9.45. The van der Waals surface area contributed by atoms with E-state index in [1.54, 1.807) is 30.0 Å². The Labute approximate surface area is 143 Å². The number of aliphatic hydroxyl groups is 2. The van der Waals surface area contributed by atoms with Crippen LogP contribution in [0.2, 0.25) is 5.02 Å². The first-order chi connectivity index (χ1) is 11.6. The number of imidazole rings is 1. The Morgan fingerprint density at radius 1 is 1.33 bits per heavy atom. The molecule has 8 heteroatoms. The standard InChI is InChI=1S/C16H17ClN4O3/c1-24-16-5-4-15-19-14(8-21(15)20-16)10-2-3-12(17)13(6-10)18-7-11(23)9-22/h2-6,8,11,18,22-23H,7,9H2,1H3. The van der Waals surface area contributed by atoms with Gasteiger partial charge in [0, 0.05) is 18.2 Å². The van der Waals surface area contributed by atoms with E-state index < -0.39 is 6.10 Å². The van der Waals surface area contributed by atoms with Gasteiger partial charge in [0.2, 0.25) is 5.88 Å². The lowest BCUT2D eigenvalue weighted by atomic mass is 10.1. The number of aliphatic hydroxyl groups excluding tert-OH is 2. The van der Waals surface area contributed by atoms with Crippen LogP contribution < -0.4 is 10.1 Å². The molecule has 2 heterocycles. The number of nitrogens with zero attached hydrogens (tertiary/aromatic N) is 3. The molecule has 0 aliphatic heterocycles. The molecular weight excluding hydrogens is 332 g/mol. The maximum absolute atomic E-state index is 9.45. The summed E-state index contributed by atoms with van der Waals surface area (Å²) in [5, 5.41) is 26.1. The quantitative estimate of drug-likeness (QED) is 0.629. The molecule has 7 nitrogen and oxygen atoms in total. The molecule has 0 aliphatic rings. The Bertz CT molecular complexity index is 852. The van der Waals surface area contributed by atoms with Crippen molar-refractivity contribution < 1.29 is 14.9 Å². The van der Waals surface area contributed by atoms with Gasteiger partial charge in [-0.05, 0) is 18.2 Å². The summed E-state index contributed by atoms with van der Waals surface area (Å²) in [6.45, 7) is -0.117. The highest BCUT2D eigenvalue weighted by Crippen LogP contribution is 2.28. The van der Waals surface area contributed by atoms with Crippen molar-refractivity contribution in [3.8, 4) is 17.1 Å². The van der Waals surface area contributed by atoms with Crippen molar-refractivity contribution in [3.63, 3.8) is 0 Å². The van der Waals surface area contributed by atoms with Crippen LogP contribution >= 0.6 is 11.6 Å². The van der Waals surface area contributed by atoms with Crippen LogP contribution in [-0.4, -0.2) is 51.2 Å². The topological polar surface area (TPSA) is 91.9 Å². The fraction of sp³-hybridized carbons (Fsp3) is 0.250. The zero-order chi connectivity index (χ0) is 17.1. The Morgan fingerprint density at radius 3 is 2.92 bits per heavy atom. The SMILES string of the molecule is COc1ccc2nc(-c3ccc(Cl)c(NCC(O)CO)c3)cn2n1. The number of methoxy groups -OCH3 is 1. The maximum Gasteiger partial charge on any atom is 0.231 e. The molecule has 0 saturated carbocycles. The fourth-order valence-electron chi connectivity index (χ4n) is 2.22. The summed E-state index contributed by atoms with van der Waals surface area (Å²) < 4.78 is 6.75. The molecule has 3 aromatic rings. The summed E-state index contributed by atoms with van der Waals surface area (Å²) in [6, 6.07) is 9.02. The molecule has 0 spiro atoms. The van der Waals surface area contributed by atoms with Crippen LogP contribution in [0.15, 0.2) is 36.5 Å². The molecule has 0 bridgehead atoms. The Balaban J connectivity index is 1.91. The van der Waals surface area contributed by atoms with Gasteiger partial charge in [0.1, 0.15) is 0 Å². The van der Waals surface area contributed by atoms with Crippen molar-refractivity contribution in [2.75, 3.05) is 25.6 Å². The lowest BCUT2D eigenvalue weighted by molar-refractivity contribution is 0.105. The minimum absolute atomic E-state index is 0.198. The van der Waals surface area contributed by atoms with Crippen molar-refractivity contribution in [1.82, 2.24) is 14.6 Å². The van der Waals surface area contributed by atoms with E-state index in [2.05, 4.69) is 15.4 Å². The number of nitrogens with one attached hydrogen (secondary N) is 1. The van der Waals surface area contributed by atoms with Gasteiger partial charge < -0.3 is 20.3 Å². The Kier molecular flexibility index (Phi) is 4.84. The number of anilines is 1. The zero-order valence-electron chi connectivity index (χ0n) is 13.0. The highest BCUT2D eigenvalue weighted by atomic mass is 35.5. The van der Waals surface area contributed by atoms with Crippen molar-refractivity contribution in [2.45, 2.75) is 6.10 Å². The van der Waals surface area contributed by atoms with Gasteiger partial charge in [-0.3, -0.25) is 0 Å².